The van der Waals surface area contributed by atoms with E-state index in [0.717, 1.165) is 78.1 Å². The Kier molecular flexibility index (Phi) is 7.09. The summed E-state index contributed by atoms with van der Waals surface area (Å²) >= 11 is 1.82. The van der Waals surface area contributed by atoms with Crippen molar-refractivity contribution in [1.29, 1.82) is 0 Å². The van der Waals surface area contributed by atoms with Crippen LogP contribution in [0.4, 0.5) is 0 Å². The zero-order valence-corrected chi connectivity index (χ0v) is 31.4. The van der Waals surface area contributed by atoms with E-state index >= 15 is 0 Å². The van der Waals surface area contributed by atoms with E-state index in [-0.39, 0.29) is 6.17 Å². The van der Waals surface area contributed by atoms with Gasteiger partial charge in [-0.3, -0.25) is 0 Å². The van der Waals surface area contributed by atoms with Crippen molar-refractivity contribution in [3.8, 4) is 16.8 Å². The van der Waals surface area contributed by atoms with Gasteiger partial charge in [-0.1, -0.05) is 158 Å². The zero-order chi connectivity index (χ0) is 37.5. The van der Waals surface area contributed by atoms with Gasteiger partial charge in [0.15, 0.2) is 11.4 Å². The Hall–Kier alpha value is -7.28. The minimum absolute atomic E-state index is 0.251. The maximum atomic E-state index is 7.05. The number of aromatic nitrogens is 1. The summed E-state index contributed by atoms with van der Waals surface area (Å²) in [6.07, 6.45) is -0.251. The summed E-state index contributed by atoms with van der Waals surface area (Å²) in [5.41, 5.74) is 10.5. The number of nitrogens with one attached hydrogen (secondary N) is 1. The van der Waals surface area contributed by atoms with E-state index in [1.54, 1.807) is 0 Å². The first-order chi connectivity index (χ1) is 28.3. The maximum absolute atomic E-state index is 7.05. The van der Waals surface area contributed by atoms with Gasteiger partial charge in [0.1, 0.15) is 17.6 Å². The van der Waals surface area contributed by atoms with Crippen LogP contribution in [0.3, 0.4) is 0 Å². The number of amidine groups is 2. The van der Waals surface area contributed by atoms with Crippen molar-refractivity contribution in [2.24, 2.45) is 9.98 Å². The van der Waals surface area contributed by atoms with Crippen LogP contribution in [0, 0.1) is 0 Å². The normalized spacial score (nSPS) is 14.5. The summed E-state index contributed by atoms with van der Waals surface area (Å²) in [5.74, 6) is 1.53. The number of furan rings is 1. The molecule has 0 saturated carbocycles. The molecule has 12 rings (SSSR count). The van der Waals surface area contributed by atoms with Crippen LogP contribution in [0.25, 0.3) is 80.7 Å². The molecule has 8 aromatic carbocycles. The molecule has 1 aliphatic heterocycles. The smallest absolute Gasteiger partial charge is 0.159 e. The molecule has 5 nitrogen and oxygen atoms in total. The fourth-order valence-electron chi connectivity index (χ4n) is 8.65. The summed E-state index contributed by atoms with van der Waals surface area (Å²) in [6.45, 7) is 0. The van der Waals surface area contributed by atoms with Crippen LogP contribution in [-0.2, 0) is 0 Å². The van der Waals surface area contributed by atoms with Crippen LogP contribution in [-0.4, -0.2) is 16.2 Å². The van der Waals surface area contributed by atoms with Crippen LogP contribution < -0.4 is 5.32 Å². The highest BCUT2D eigenvalue weighted by atomic mass is 32.1. The van der Waals surface area contributed by atoms with Crippen molar-refractivity contribution in [3.05, 3.63) is 199 Å². The average molecular weight is 749 g/mol. The number of para-hydroxylation sites is 4. The quantitative estimate of drug-likeness (QED) is 0.191. The monoisotopic (exact) mass is 748 g/mol. The SMILES string of the molecule is c1ccc(C2=NC(c3ccccc3)NC(c3ccc4c(c3)sc3c(-c5cccc6c5oc5c(-n7c8ccccc8c8ccccc87)cccc56)cccc34)=N2)cc1. The number of hydrogen-bond acceptors (Lipinski definition) is 5. The number of hydrogen-bond donors (Lipinski definition) is 1. The number of aliphatic imine (C=N–C) groups is 2. The van der Waals surface area contributed by atoms with Crippen LogP contribution in [0.2, 0.25) is 0 Å². The zero-order valence-electron chi connectivity index (χ0n) is 30.6. The number of fused-ring (bicyclic) bond motifs is 9. The van der Waals surface area contributed by atoms with Gasteiger partial charge in [0, 0.05) is 64.0 Å². The van der Waals surface area contributed by atoms with Crippen molar-refractivity contribution >= 4 is 86.9 Å². The number of nitrogens with zero attached hydrogens (tertiary/aromatic N) is 3. The topological polar surface area (TPSA) is 54.8 Å². The second kappa shape index (κ2) is 12.6. The summed E-state index contributed by atoms with van der Waals surface area (Å²) in [7, 11) is 0. The van der Waals surface area contributed by atoms with Gasteiger partial charge < -0.3 is 14.3 Å². The molecule has 1 atom stereocenters. The fourth-order valence-corrected chi connectivity index (χ4v) is 9.92. The third-order valence-corrected chi connectivity index (χ3v) is 12.5. The van der Waals surface area contributed by atoms with Gasteiger partial charge in [-0.05, 0) is 29.8 Å². The molecule has 1 unspecified atom stereocenters. The third-order valence-electron chi connectivity index (χ3n) is 11.3. The third kappa shape index (κ3) is 5.01. The van der Waals surface area contributed by atoms with E-state index in [1.807, 2.05) is 35.6 Å². The van der Waals surface area contributed by atoms with Crippen molar-refractivity contribution in [2.75, 3.05) is 0 Å². The molecule has 1 aliphatic rings. The Bertz CT molecular complexity index is 3390. The second-order valence-electron chi connectivity index (χ2n) is 14.5. The van der Waals surface area contributed by atoms with Gasteiger partial charge in [0.05, 0.1) is 16.7 Å². The Balaban J connectivity index is 1.00. The lowest BCUT2D eigenvalue weighted by Crippen LogP contribution is -2.33. The number of thiophene rings is 1. The lowest BCUT2D eigenvalue weighted by molar-refractivity contribution is 0.667. The number of rotatable bonds is 5. The first-order valence-electron chi connectivity index (χ1n) is 19.2. The second-order valence-corrected chi connectivity index (χ2v) is 15.6. The van der Waals surface area contributed by atoms with Crippen molar-refractivity contribution in [3.63, 3.8) is 0 Å². The molecule has 1 N–H and O–H groups in total. The number of benzene rings is 8. The molecule has 268 valence electrons. The molecule has 0 bridgehead atoms. The molecule has 57 heavy (non-hydrogen) atoms. The predicted molar refractivity (Wildman–Crippen MR) is 238 cm³/mol. The maximum Gasteiger partial charge on any atom is 0.159 e. The molecule has 0 fully saturated rings. The summed E-state index contributed by atoms with van der Waals surface area (Å²) in [4.78, 5) is 10.1. The van der Waals surface area contributed by atoms with Crippen LogP contribution in [0.15, 0.2) is 196 Å². The standard InChI is InChI=1S/C51H32N4OS/c1-3-14-31(15-4-1)49-52-50(32-16-5-2-6-17-32)54-51(53-49)33-28-29-36-40-23-12-24-41(48(40)57-45(36)30-33)39-21-11-20-37-38-22-13-27-44(47(38)56-46(37)39)55-42-25-9-7-18-34(42)35-19-8-10-26-43(35)55/h1-30,49H,(H,52,53,54). The Morgan fingerprint density at radius 3 is 1.91 bits per heavy atom. The van der Waals surface area contributed by atoms with Gasteiger partial charge in [0.25, 0.3) is 0 Å². The summed E-state index contributed by atoms with van der Waals surface area (Å²) in [6, 6.07) is 64.2. The lowest BCUT2D eigenvalue weighted by atomic mass is 10.00. The highest BCUT2D eigenvalue weighted by Gasteiger charge is 2.23. The molecule has 0 radical (unpaired) electrons. The molecule has 6 heteroatoms. The van der Waals surface area contributed by atoms with Gasteiger partial charge in [0.2, 0.25) is 0 Å². The molecule has 0 saturated heterocycles. The first-order valence-corrected chi connectivity index (χ1v) is 20.0. The van der Waals surface area contributed by atoms with E-state index < -0.39 is 0 Å². The van der Waals surface area contributed by atoms with Crippen LogP contribution in [0.5, 0.6) is 0 Å². The average Bonchev–Trinajstić information content (AvgIpc) is 3.96. The van der Waals surface area contributed by atoms with E-state index in [4.69, 9.17) is 14.4 Å². The van der Waals surface area contributed by atoms with E-state index in [0.29, 0.717) is 0 Å². The molecular weight excluding hydrogens is 717 g/mol. The highest BCUT2D eigenvalue weighted by Crippen LogP contribution is 2.45. The van der Waals surface area contributed by atoms with Crippen molar-refractivity contribution < 1.29 is 4.42 Å². The highest BCUT2D eigenvalue weighted by molar-refractivity contribution is 7.26. The molecule has 11 aromatic rings. The lowest BCUT2D eigenvalue weighted by Gasteiger charge is -2.23. The van der Waals surface area contributed by atoms with Gasteiger partial charge in [-0.2, -0.15) is 0 Å². The Labute approximate surface area is 331 Å². The van der Waals surface area contributed by atoms with E-state index in [1.165, 1.54) is 30.9 Å². The predicted octanol–water partition coefficient (Wildman–Crippen LogP) is 13.2. The minimum Gasteiger partial charge on any atom is -0.453 e. The molecule has 0 aliphatic carbocycles. The van der Waals surface area contributed by atoms with Crippen LogP contribution in [0.1, 0.15) is 22.9 Å². The largest absolute Gasteiger partial charge is 0.453 e. The Morgan fingerprint density at radius 2 is 1.14 bits per heavy atom. The molecule has 0 spiro atoms. The molecule has 0 amide bonds. The van der Waals surface area contributed by atoms with E-state index in [2.05, 4.69) is 168 Å². The van der Waals surface area contributed by atoms with Crippen molar-refractivity contribution in [1.82, 2.24) is 9.88 Å². The Morgan fingerprint density at radius 1 is 0.509 bits per heavy atom. The summed E-state index contributed by atoms with van der Waals surface area (Å²) < 4.78 is 11.8. The van der Waals surface area contributed by atoms with E-state index in [9.17, 15) is 0 Å². The van der Waals surface area contributed by atoms with Gasteiger partial charge >= 0.3 is 0 Å². The molecular formula is C51H32N4OS. The fraction of sp³-hybridized carbons (Fsp3) is 0.0196. The van der Waals surface area contributed by atoms with Crippen molar-refractivity contribution in [2.45, 2.75) is 6.17 Å². The summed E-state index contributed by atoms with van der Waals surface area (Å²) in [5, 5.41) is 10.8. The first kappa shape index (κ1) is 32.0. The van der Waals surface area contributed by atoms with Crippen LogP contribution >= 0.6 is 11.3 Å². The van der Waals surface area contributed by atoms with Gasteiger partial charge in [-0.25, -0.2) is 9.98 Å². The molecule has 3 aromatic heterocycles. The minimum atomic E-state index is -0.251. The van der Waals surface area contributed by atoms with Gasteiger partial charge in [-0.15, -0.1) is 11.3 Å². The molecule has 4 heterocycles.